The number of rotatable bonds is 8. The first kappa shape index (κ1) is 27.5. The van der Waals surface area contributed by atoms with E-state index >= 15 is 4.39 Å². The maximum atomic E-state index is 15.1. The van der Waals surface area contributed by atoms with Gasteiger partial charge in [0.1, 0.15) is 11.6 Å². The Morgan fingerprint density at radius 1 is 1.07 bits per heavy atom. The molecule has 1 aromatic heterocycles. The summed E-state index contributed by atoms with van der Waals surface area (Å²) in [6.45, 7) is 3.20. The molecule has 1 unspecified atom stereocenters. The maximum Gasteiger partial charge on any atom is 0.218 e. The lowest BCUT2D eigenvalue weighted by molar-refractivity contribution is -0.107. The molecule has 6 rings (SSSR count). The number of amides is 1. The standard InChI is InChI=1S/C32H34ClFN4O3/c1-31(41)17-38(18-32(31)8-9-32)28-13-22(16-35-29(28)20-4-5-20)25-15-23(34)14-24(30(25)40)21-6-7-27(26(33)12-21)37(19-39)11-10-36(2)3/h6-7,10-16,19-20,40-41H,4-5,8-9,17-18H2,1-3H3/b11-10-. The molecule has 1 saturated heterocycles. The Morgan fingerprint density at radius 2 is 1.78 bits per heavy atom. The number of phenols is 1. The molecular weight excluding hydrogens is 543 g/mol. The third-order valence-electron chi connectivity index (χ3n) is 8.75. The van der Waals surface area contributed by atoms with Crippen LogP contribution in [0.2, 0.25) is 5.02 Å². The van der Waals surface area contributed by atoms with Crippen molar-refractivity contribution in [3.8, 4) is 28.0 Å². The van der Waals surface area contributed by atoms with Gasteiger partial charge < -0.3 is 20.0 Å². The Kier molecular flexibility index (Phi) is 6.74. The van der Waals surface area contributed by atoms with Gasteiger partial charge in [-0.1, -0.05) is 17.7 Å². The van der Waals surface area contributed by atoms with Crippen LogP contribution in [0.1, 0.15) is 44.2 Å². The van der Waals surface area contributed by atoms with E-state index in [1.54, 1.807) is 41.7 Å². The molecule has 2 N–H and O–H groups in total. The normalized spacial score (nSPS) is 21.1. The molecule has 3 aromatic rings. The molecule has 0 radical (unpaired) electrons. The van der Waals surface area contributed by atoms with Gasteiger partial charge in [-0.2, -0.15) is 0 Å². The van der Waals surface area contributed by atoms with Gasteiger partial charge in [-0.15, -0.1) is 0 Å². The van der Waals surface area contributed by atoms with Gasteiger partial charge >= 0.3 is 0 Å². The number of β-amino-alcohol motifs (C(OH)–C–C–N with tert-alkyl or cyclic N) is 1. The Morgan fingerprint density at radius 3 is 2.37 bits per heavy atom. The van der Waals surface area contributed by atoms with E-state index in [1.807, 2.05) is 27.1 Å². The molecule has 1 aliphatic heterocycles. The monoisotopic (exact) mass is 576 g/mol. The highest BCUT2D eigenvalue weighted by molar-refractivity contribution is 6.34. The molecule has 2 saturated carbocycles. The molecule has 1 atom stereocenters. The predicted octanol–water partition coefficient (Wildman–Crippen LogP) is 6.14. The summed E-state index contributed by atoms with van der Waals surface area (Å²) < 4.78 is 15.1. The molecule has 3 fully saturated rings. The van der Waals surface area contributed by atoms with Crippen molar-refractivity contribution in [1.29, 1.82) is 0 Å². The van der Waals surface area contributed by atoms with E-state index in [0.717, 1.165) is 43.6 Å². The number of phenolic OH excluding ortho intramolecular Hbond substituents is 1. The van der Waals surface area contributed by atoms with Crippen molar-refractivity contribution >= 4 is 29.4 Å². The molecule has 2 aliphatic carbocycles. The molecule has 1 amide bonds. The fraction of sp³-hybridized carbons (Fsp3) is 0.375. The minimum Gasteiger partial charge on any atom is -0.507 e. The van der Waals surface area contributed by atoms with E-state index in [9.17, 15) is 15.0 Å². The van der Waals surface area contributed by atoms with Crippen molar-refractivity contribution in [3.05, 3.63) is 71.5 Å². The number of aliphatic hydroxyl groups is 1. The summed E-state index contributed by atoms with van der Waals surface area (Å²) in [6.07, 6.45) is 9.83. The van der Waals surface area contributed by atoms with E-state index in [-0.39, 0.29) is 21.8 Å². The lowest BCUT2D eigenvalue weighted by atomic mass is 9.90. The van der Waals surface area contributed by atoms with E-state index in [1.165, 1.54) is 17.0 Å². The molecule has 2 aromatic carbocycles. The number of halogens is 2. The molecular formula is C32H34ClFN4O3. The van der Waals surface area contributed by atoms with Crippen LogP contribution in [0.4, 0.5) is 15.8 Å². The highest BCUT2D eigenvalue weighted by Crippen LogP contribution is 2.59. The maximum absolute atomic E-state index is 15.1. The molecule has 3 aliphatic rings. The zero-order chi connectivity index (χ0) is 29.1. The molecule has 214 valence electrons. The number of anilines is 2. The predicted molar refractivity (Wildman–Crippen MR) is 160 cm³/mol. The van der Waals surface area contributed by atoms with Gasteiger partial charge in [0, 0.05) is 73.8 Å². The summed E-state index contributed by atoms with van der Waals surface area (Å²) >= 11 is 6.56. The van der Waals surface area contributed by atoms with Gasteiger partial charge in [-0.3, -0.25) is 14.7 Å². The van der Waals surface area contributed by atoms with Crippen LogP contribution in [-0.4, -0.2) is 59.3 Å². The average Bonchev–Trinajstić information content (AvgIpc) is 3.85. The molecule has 2 heterocycles. The molecule has 0 bridgehead atoms. The lowest BCUT2D eigenvalue weighted by Gasteiger charge is -2.24. The number of aromatic nitrogens is 1. The topological polar surface area (TPSA) is 80.1 Å². The van der Waals surface area contributed by atoms with Crippen LogP contribution in [-0.2, 0) is 4.79 Å². The summed E-state index contributed by atoms with van der Waals surface area (Å²) in [5, 5.41) is 22.9. The third-order valence-corrected chi connectivity index (χ3v) is 9.05. The number of carbonyl (C=O) groups excluding carboxylic acids is 1. The first-order valence-corrected chi connectivity index (χ1v) is 14.3. The summed E-state index contributed by atoms with van der Waals surface area (Å²) in [5.41, 5.74) is 3.27. The number of aromatic hydroxyl groups is 1. The Labute approximate surface area is 244 Å². The van der Waals surface area contributed by atoms with Gasteiger partial charge in [-0.05, 0) is 68.5 Å². The van der Waals surface area contributed by atoms with Crippen LogP contribution in [0.5, 0.6) is 5.75 Å². The molecule has 9 heteroatoms. The van der Waals surface area contributed by atoms with Crippen molar-refractivity contribution < 1.29 is 19.4 Å². The van der Waals surface area contributed by atoms with Crippen molar-refractivity contribution in [1.82, 2.24) is 9.88 Å². The first-order chi connectivity index (χ1) is 19.5. The van der Waals surface area contributed by atoms with Crippen LogP contribution >= 0.6 is 11.6 Å². The quantitative estimate of drug-likeness (QED) is 0.314. The van der Waals surface area contributed by atoms with Crippen molar-refractivity contribution in [3.63, 3.8) is 0 Å². The first-order valence-electron chi connectivity index (χ1n) is 13.9. The SMILES string of the molecule is CN(C)/C=C\N(C=O)c1ccc(-c2cc(F)cc(-c3cnc(C4CC4)c(N4CC(C)(O)C5(CC5)C4)c3)c2O)cc1Cl. The summed E-state index contributed by atoms with van der Waals surface area (Å²) in [4.78, 5) is 21.8. The zero-order valence-corrected chi connectivity index (χ0v) is 24.2. The third kappa shape index (κ3) is 5.04. The smallest absolute Gasteiger partial charge is 0.218 e. The van der Waals surface area contributed by atoms with Gasteiger partial charge in [0.15, 0.2) is 0 Å². The summed E-state index contributed by atoms with van der Waals surface area (Å²) in [5.74, 6) is -0.213. The van der Waals surface area contributed by atoms with Gasteiger partial charge in [0.25, 0.3) is 0 Å². The molecule has 41 heavy (non-hydrogen) atoms. The lowest BCUT2D eigenvalue weighted by Crippen LogP contribution is -2.35. The fourth-order valence-corrected chi connectivity index (χ4v) is 6.26. The van der Waals surface area contributed by atoms with E-state index < -0.39 is 11.4 Å². The van der Waals surface area contributed by atoms with Crippen molar-refractivity contribution in [2.45, 2.75) is 44.1 Å². The van der Waals surface area contributed by atoms with Crippen LogP contribution < -0.4 is 9.80 Å². The number of nitrogens with zero attached hydrogens (tertiary/aromatic N) is 4. The number of hydrogen-bond acceptors (Lipinski definition) is 6. The second kappa shape index (κ2) is 10.0. The minimum atomic E-state index is -0.773. The summed E-state index contributed by atoms with van der Waals surface area (Å²) in [6, 6.07) is 9.53. The molecule has 7 nitrogen and oxygen atoms in total. The van der Waals surface area contributed by atoms with Crippen molar-refractivity contribution in [2.24, 2.45) is 5.41 Å². The number of pyridine rings is 1. The van der Waals surface area contributed by atoms with Gasteiger partial charge in [0.2, 0.25) is 6.41 Å². The highest BCUT2D eigenvalue weighted by Gasteiger charge is 2.62. The number of benzene rings is 2. The van der Waals surface area contributed by atoms with E-state index in [2.05, 4.69) is 4.90 Å². The van der Waals surface area contributed by atoms with Crippen molar-refractivity contribution in [2.75, 3.05) is 37.0 Å². The zero-order valence-electron chi connectivity index (χ0n) is 23.4. The molecule has 1 spiro atoms. The van der Waals surface area contributed by atoms with Gasteiger partial charge in [-0.25, -0.2) is 4.39 Å². The Balaban J connectivity index is 1.38. The Bertz CT molecular complexity index is 1540. The van der Waals surface area contributed by atoms with Gasteiger partial charge in [0.05, 0.1) is 27.7 Å². The van der Waals surface area contributed by atoms with Crippen LogP contribution in [0.3, 0.4) is 0 Å². The van der Waals surface area contributed by atoms with E-state index in [4.69, 9.17) is 16.6 Å². The van der Waals surface area contributed by atoms with Crippen LogP contribution in [0, 0.1) is 11.2 Å². The largest absolute Gasteiger partial charge is 0.507 e. The summed E-state index contributed by atoms with van der Waals surface area (Å²) in [7, 11) is 3.68. The average molecular weight is 577 g/mol. The second-order valence-electron chi connectivity index (χ2n) is 12.1. The van der Waals surface area contributed by atoms with E-state index in [0.29, 0.717) is 41.3 Å². The fourth-order valence-electron chi connectivity index (χ4n) is 5.99. The highest BCUT2D eigenvalue weighted by atomic mass is 35.5. The Hall–Kier alpha value is -3.62. The number of carbonyl (C=O) groups is 1. The minimum absolute atomic E-state index is 0.0783. The van der Waals surface area contributed by atoms with Crippen LogP contribution in [0.25, 0.3) is 22.3 Å². The van der Waals surface area contributed by atoms with Crippen LogP contribution in [0.15, 0.2) is 55.0 Å². The number of hydrogen-bond donors (Lipinski definition) is 2. The second-order valence-corrected chi connectivity index (χ2v) is 12.5.